The molecule has 29 heavy (non-hydrogen) atoms. The molecule has 1 aromatic heterocycles. The summed E-state index contributed by atoms with van der Waals surface area (Å²) in [5, 5.41) is 3.27. The largest absolute Gasteiger partial charge is 0.494 e. The number of para-hydroxylation sites is 1. The van der Waals surface area contributed by atoms with Gasteiger partial charge in [-0.3, -0.25) is 4.90 Å². The van der Waals surface area contributed by atoms with Crippen molar-refractivity contribution in [2.45, 2.75) is 33.4 Å². The zero-order chi connectivity index (χ0) is 20.6. The molecule has 0 amide bonds. The van der Waals surface area contributed by atoms with E-state index in [4.69, 9.17) is 10.5 Å². The summed E-state index contributed by atoms with van der Waals surface area (Å²) in [6.07, 6.45) is 0.918. The molecular formula is C22H28N6O. The average Bonchev–Trinajstić information content (AvgIpc) is 2.69. The van der Waals surface area contributed by atoms with E-state index in [1.54, 1.807) is 0 Å². The Morgan fingerprint density at radius 1 is 0.966 bits per heavy atom. The number of nitrogens with two attached hydrogens (primary N) is 1. The molecule has 3 aromatic rings. The highest BCUT2D eigenvalue weighted by Crippen LogP contribution is 2.20. The first-order valence-electron chi connectivity index (χ1n) is 9.83. The van der Waals surface area contributed by atoms with Gasteiger partial charge in [-0.2, -0.15) is 15.0 Å². The normalized spacial score (nSPS) is 10.9. The minimum atomic E-state index is 0.209. The molecule has 0 aliphatic rings. The molecule has 0 atom stereocenters. The lowest BCUT2D eigenvalue weighted by molar-refractivity contribution is 0.310. The summed E-state index contributed by atoms with van der Waals surface area (Å²) in [4.78, 5) is 15.2. The van der Waals surface area contributed by atoms with Gasteiger partial charge >= 0.3 is 0 Å². The Labute approximate surface area is 172 Å². The molecule has 7 nitrogen and oxygen atoms in total. The predicted molar refractivity (Wildman–Crippen MR) is 116 cm³/mol. The standard InChI is InChI=1S/C22H28N6O/c1-4-17-8-6-7-9-19(17)24-22-26-20(25-21(23)27-22)15-28(3)14-16-10-12-18(13-11-16)29-5-2/h6-13H,4-5,14-15H2,1-3H3,(H3,23,24,25,26,27). The predicted octanol–water partition coefficient (Wildman–Crippen LogP) is 3.79. The fraction of sp³-hybridized carbons (Fsp3) is 0.318. The number of nitrogens with one attached hydrogen (secondary N) is 1. The zero-order valence-electron chi connectivity index (χ0n) is 17.2. The van der Waals surface area contributed by atoms with Crippen LogP contribution in [-0.4, -0.2) is 33.5 Å². The minimum absolute atomic E-state index is 0.209. The Kier molecular flexibility index (Phi) is 6.97. The maximum atomic E-state index is 5.92. The summed E-state index contributed by atoms with van der Waals surface area (Å²) in [5.41, 5.74) is 9.29. The SMILES string of the molecule is CCOc1ccc(CN(C)Cc2nc(N)nc(Nc3ccccc3CC)n2)cc1. The average molecular weight is 393 g/mol. The van der Waals surface area contributed by atoms with E-state index in [1.165, 1.54) is 11.1 Å². The van der Waals surface area contributed by atoms with Crippen molar-refractivity contribution in [3.05, 3.63) is 65.5 Å². The van der Waals surface area contributed by atoms with Crippen LogP contribution in [0, 0.1) is 0 Å². The van der Waals surface area contributed by atoms with Crippen molar-refractivity contribution in [2.75, 3.05) is 24.7 Å². The van der Waals surface area contributed by atoms with E-state index < -0.39 is 0 Å². The van der Waals surface area contributed by atoms with Crippen LogP contribution in [0.3, 0.4) is 0 Å². The molecular weight excluding hydrogens is 364 g/mol. The second-order valence-corrected chi connectivity index (χ2v) is 6.82. The number of aryl methyl sites for hydroxylation is 1. The van der Waals surface area contributed by atoms with Crippen LogP contribution in [0.4, 0.5) is 17.6 Å². The Hall–Kier alpha value is -3.19. The molecule has 0 saturated heterocycles. The molecule has 0 radical (unpaired) electrons. The first kappa shape index (κ1) is 20.5. The van der Waals surface area contributed by atoms with Gasteiger partial charge in [-0.1, -0.05) is 37.3 Å². The van der Waals surface area contributed by atoms with Gasteiger partial charge in [0.15, 0.2) is 0 Å². The van der Waals surface area contributed by atoms with Crippen molar-refractivity contribution in [3.63, 3.8) is 0 Å². The molecule has 7 heteroatoms. The Morgan fingerprint density at radius 2 is 1.72 bits per heavy atom. The van der Waals surface area contributed by atoms with Gasteiger partial charge in [0, 0.05) is 12.2 Å². The van der Waals surface area contributed by atoms with E-state index in [1.807, 2.05) is 44.3 Å². The summed E-state index contributed by atoms with van der Waals surface area (Å²) >= 11 is 0. The Balaban J connectivity index is 1.67. The molecule has 0 bridgehead atoms. The highest BCUT2D eigenvalue weighted by molar-refractivity contribution is 5.58. The Bertz CT molecular complexity index is 929. The highest BCUT2D eigenvalue weighted by atomic mass is 16.5. The van der Waals surface area contributed by atoms with Crippen LogP contribution in [0.2, 0.25) is 0 Å². The van der Waals surface area contributed by atoms with Crippen LogP contribution in [0.1, 0.15) is 30.8 Å². The van der Waals surface area contributed by atoms with E-state index in [-0.39, 0.29) is 5.95 Å². The molecule has 0 aliphatic heterocycles. The van der Waals surface area contributed by atoms with Crippen molar-refractivity contribution in [2.24, 2.45) is 0 Å². The molecule has 0 spiro atoms. The topological polar surface area (TPSA) is 89.2 Å². The first-order chi connectivity index (χ1) is 14.1. The number of anilines is 3. The number of benzene rings is 2. The monoisotopic (exact) mass is 392 g/mol. The van der Waals surface area contributed by atoms with Gasteiger partial charge in [-0.15, -0.1) is 0 Å². The molecule has 2 aromatic carbocycles. The third kappa shape index (κ3) is 5.89. The van der Waals surface area contributed by atoms with Crippen LogP contribution < -0.4 is 15.8 Å². The lowest BCUT2D eigenvalue weighted by Crippen LogP contribution is -2.20. The summed E-state index contributed by atoms with van der Waals surface area (Å²) < 4.78 is 5.49. The summed E-state index contributed by atoms with van der Waals surface area (Å²) in [7, 11) is 2.02. The second kappa shape index (κ2) is 9.84. The van der Waals surface area contributed by atoms with Crippen molar-refractivity contribution in [3.8, 4) is 5.75 Å². The number of aromatic nitrogens is 3. The van der Waals surface area contributed by atoms with Crippen molar-refractivity contribution >= 4 is 17.6 Å². The lowest BCUT2D eigenvalue weighted by atomic mass is 10.1. The molecule has 152 valence electrons. The van der Waals surface area contributed by atoms with E-state index in [9.17, 15) is 0 Å². The number of hydrogen-bond donors (Lipinski definition) is 2. The molecule has 3 N–H and O–H groups in total. The van der Waals surface area contributed by atoms with Gasteiger partial charge in [0.1, 0.15) is 11.6 Å². The van der Waals surface area contributed by atoms with Crippen LogP contribution in [0.25, 0.3) is 0 Å². The second-order valence-electron chi connectivity index (χ2n) is 6.82. The molecule has 3 rings (SSSR count). The van der Waals surface area contributed by atoms with Crippen LogP contribution >= 0.6 is 0 Å². The lowest BCUT2D eigenvalue weighted by Gasteiger charge is -2.17. The highest BCUT2D eigenvalue weighted by Gasteiger charge is 2.10. The van der Waals surface area contributed by atoms with Gasteiger partial charge in [0.2, 0.25) is 11.9 Å². The van der Waals surface area contributed by atoms with Crippen LogP contribution in [0.5, 0.6) is 5.75 Å². The quantitative estimate of drug-likeness (QED) is 0.573. The number of rotatable bonds is 9. The molecule has 0 fully saturated rings. The van der Waals surface area contributed by atoms with Crippen LogP contribution in [0.15, 0.2) is 48.5 Å². The summed E-state index contributed by atoms with van der Waals surface area (Å²) in [5.74, 6) is 2.18. The fourth-order valence-corrected chi connectivity index (χ4v) is 3.10. The van der Waals surface area contributed by atoms with Crippen LogP contribution in [-0.2, 0) is 19.5 Å². The molecule has 1 heterocycles. The smallest absolute Gasteiger partial charge is 0.232 e. The van der Waals surface area contributed by atoms with Gasteiger partial charge in [-0.05, 0) is 49.7 Å². The van der Waals surface area contributed by atoms with E-state index >= 15 is 0 Å². The van der Waals surface area contributed by atoms with Crippen molar-refractivity contribution in [1.82, 2.24) is 19.9 Å². The van der Waals surface area contributed by atoms with Crippen molar-refractivity contribution < 1.29 is 4.74 Å². The minimum Gasteiger partial charge on any atom is -0.494 e. The number of hydrogen-bond acceptors (Lipinski definition) is 7. The number of ether oxygens (including phenoxy) is 1. The van der Waals surface area contributed by atoms with E-state index in [2.05, 4.69) is 50.3 Å². The van der Waals surface area contributed by atoms with Gasteiger partial charge in [0.25, 0.3) is 0 Å². The number of nitrogens with zero attached hydrogens (tertiary/aromatic N) is 4. The molecule has 0 aliphatic carbocycles. The third-order valence-corrected chi connectivity index (χ3v) is 4.44. The third-order valence-electron chi connectivity index (χ3n) is 4.44. The summed E-state index contributed by atoms with van der Waals surface area (Å²) in [6, 6.07) is 16.2. The van der Waals surface area contributed by atoms with E-state index in [0.717, 1.165) is 24.4 Å². The zero-order valence-corrected chi connectivity index (χ0v) is 17.2. The Morgan fingerprint density at radius 3 is 2.45 bits per heavy atom. The van der Waals surface area contributed by atoms with Gasteiger partial charge in [-0.25, -0.2) is 0 Å². The molecule has 0 saturated carbocycles. The maximum Gasteiger partial charge on any atom is 0.232 e. The summed E-state index contributed by atoms with van der Waals surface area (Å²) in [6.45, 7) is 6.08. The van der Waals surface area contributed by atoms with E-state index in [0.29, 0.717) is 24.9 Å². The molecule has 0 unspecified atom stereocenters. The first-order valence-corrected chi connectivity index (χ1v) is 9.83. The number of nitrogen functional groups attached to an aromatic ring is 1. The van der Waals surface area contributed by atoms with Gasteiger partial charge < -0.3 is 15.8 Å². The fourth-order valence-electron chi connectivity index (χ4n) is 3.10. The van der Waals surface area contributed by atoms with Gasteiger partial charge in [0.05, 0.1) is 13.2 Å². The van der Waals surface area contributed by atoms with Crippen molar-refractivity contribution in [1.29, 1.82) is 0 Å². The maximum absolute atomic E-state index is 5.92.